The smallest absolute Gasteiger partial charge is 0.188 e. The van der Waals surface area contributed by atoms with E-state index in [0.29, 0.717) is 11.8 Å². The third-order valence-corrected chi connectivity index (χ3v) is 5.85. The number of likely N-dealkylation sites (N-methyl/N-ethyl adjacent to an activating group) is 1. The molecule has 1 N–H and O–H groups in total. The monoisotopic (exact) mass is 445 g/mol. The van der Waals surface area contributed by atoms with Crippen LogP contribution in [0.25, 0.3) is 27.7 Å². The molecule has 1 aliphatic rings. The normalized spacial score (nSPS) is 16.7. The van der Waals surface area contributed by atoms with Crippen LogP contribution < -0.4 is 10.1 Å². The second-order valence-electron chi connectivity index (χ2n) is 8.24. The quantitative estimate of drug-likeness (QED) is 0.433. The molecule has 5 rings (SSSR count). The van der Waals surface area contributed by atoms with E-state index < -0.39 is 0 Å². The van der Waals surface area contributed by atoms with Crippen LogP contribution in [0.4, 0.5) is 5.82 Å². The fourth-order valence-electron chi connectivity index (χ4n) is 4.31. The van der Waals surface area contributed by atoms with Gasteiger partial charge in [-0.2, -0.15) is 15.0 Å². The van der Waals surface area contributed by atoms with Crippen molar-refractivity contribution in [3.05, 3.63) is 54.9 Å². The van der Waals surface area contributed by atoms with E-state index in [-0.39, 0.29) is 6.79 Å². The number of methoxy groups -OCH3 is 1. The van der Waals surface area contributed by atoms with E-state index >= 15 is 0 Å². The van der Waals surface area contributed by atoms with Gasteiger partial charge in [-0.3, -0.25) is 0 Å². The maximum absolute atomic E-state index is 5.91. The fourth-order valence-corrected chi connectivity index (χ4v) is 4.31. The molecule has 4 aromatic rings. The Hall–Kier alpha value is -3.56. The van der Waals surface area contributed by atoms with Gasteiger partial charge in [0.2, 0.25) is 0 Å². The van der Waals surface area contributed by atoms with Crippen molar-refractivity contribution in [2.24, 2.45) is 0 Å². The molecule has 1 saturated heterocycles. The Kier molecular flexibility index (Phi) is 6.14. The predicted octanol–water partition coefficient (Wildman–Crippen LogP) is 3.37. The lowest BCUT2D eigenvalue weighted by molar-refractivity contribution is 0.0515. The third-order valence-electron chi connectivity index (χ3n) is 5.85. The van der Waals surface area contributed by atoms with Crippen LogP contribution in [0.15, 0.2) is 54.9 Å². The molecule has 0 radical (unpaired) electrons. The minimum Gasteiger partial charge on any atom is -0.467 e. The number of ether oxygens (including phenoxy) is 2. The summed E-state index contributed by atoms with van der Waals surface area (Å²) in [5.41, 5.74) is 2.37. The summed E-state index contributed by atoms with van der Waals surface area (Å²) < 4.78 is 11.1. The zero-order valence-electron chi connectivity index (χ0n) is 18.8. The van der Waals surface area contributed by atoms with Gasteiger partial charge in [-0.15, -0.1) is 10.2 Å². The number of piperidine rings is 1. The first-order valence-electron chi connectivity index (χ1n) is 11.1. The Morgan fingerprint density at radius 1 is 1.06 bits per heavy atom. The van der Waals surface area contributed by atoms with Crippen LogP contribution >= 0.6 is 0 Å². The summed E-state index contributed by atoms with van der Waals surface area (Å²) in [7, 11) is 3.75. The van der Waals surface area contributed by atoms with Gasteiger partial charge in [-0.25, -0.2) is 0 Å². The average Bonchev–Trinajstić information content (AvgIpc) is 3.38. The number of benzene rings is 2. The molecule has 0 amide bonds. The number of nitrogens with zero attached hydrogens (tertiary/aromatic N) is 6. The van der Waals surface area contributed by atoms with Gasteiger partial charge in [0.05, 0.1) is 18.1 Å². The highest BCUT2D eigenvalue weighted by molar-refractivity contribution is 6.01. The number of fused-ring (bicyclic) bond motifs is 1. The molecule has 1 fully saturated rings. The van der Waals surface area contributed by atoms with Gasteiger partial charge in [0.1, 0.15) is 11.4 Å². The Labute approximate surface area is 192 Å². The maximum Gasteiger partial charge on any atom is 0.188 e. The SMILES string of the molecule is COCOc1cc(-n2nccn2)ccc1-c1nnc(N[C@@H]2CCCN(C)C2)c2ccccc12. The second kappa shape index (κ2) is 9.51. The molecule has 1 atom stereocenters. The largest absolute Gasteiger partial charge is 0.467 e. The third kappa shape index (κ3) is 4.50. The van der Waals surface area contributed by atoms with Crippen molar-refractivity contribution in [2.75, 3.05) is 39.4 Å². The van der Waals surface area contributed by atoms with E-state index in [0.717, 1.165) is 53.0 Å². The lowest BCUT2D eigenvalue weighted by atomic mass is 10.0. The molecular formula is C24H27N7O2. The number of likely N-dealkylation sites (tertiary alicyclic amines) is 1. The minimum absolute atomic E-state index is 0.114. The fraction of sp³-hybridized carbons (Fsp3) is 0.333. The van der Waals surface area contributed by atoms with Crippen molar-refractivity contribution < 1.29 is 9.47 Å². The molecule has 33 heavy (non-hydrogen) atoms. The number of hydrogen-bond acceptors (Lipinski definition) is 8. The van der Waals surface area contributed by atoms with Gasteiger partial charge in [0, 0.05) is 42.1 Å². The van der Waals surface area contributed by atoms with Crippen molar-refractivity contribution in [1.82, 2.24) is 30.1 Å². The van der Waals surface area contributed by atoms with Crippen LogP contribution in [0.3, 0.4) is 0 Å². The average molecular weight is 446 g/mol. The Morgan fingerprint density at radius 3 is 2.67 bits per heavy atom. The first-order valence-corrected chi connectivity index (χ1v) is 11.1. The number of rotatable bonds is 7. The summed E-state index contributed by atoms with van der Waals surface area (Å²) >= 11 is 0. The molecule has 9 heteroatoms. The molecule has 0 unspecified atom stereocenters. The van der Waals surface area contributed by atoms with Crippen LogP contribution in [0.1, 0.15) is 12.8 Å². The second-order valence-corrected chi connectivity index (χ2v) is 8.24. The Morgan fingerprint density at radius 2 is 1.88 bits per heavy atom. The van der Waals surface area contributed by atoms with Crippen LogP contribution in [0.5, 0.6) is 5.75 Å². The summed E-state index contributed by atoms with van der Waals surface area (Å²) in [6.07, 6.45) is 5.58. The van der Waals surface area contributed by atoms with E-state index in [9.17, 15) is 0 Å². The number of hydrogen-bond donors (Lipinski definition) is 1. The van der Waals surface area contributed by atoms with Gasteiger partial charge in [0.25, 0.3) is 0 Å². The molecule has 3 heterocycles. The molecule has 0 aliphatic carbocycles. The van der Waals surface area contributed by atoms with Gasteiger partial charge < -0.3 is 19.7 Å². The number of nitrogens with one attached hydrogen (secondary N) is 1. The Balaban J connectivity index is 1.56. The summed E-state index contributed by atoms with van der Waals surface area (Å²) in [4.78, 5) is 3.89. The summed E-state index contributed by atoms with van der Waals surface area (Å²) in [5, 5.41) is 23.3. The van der Waals surface area contributed by atoms with Crippen LogP contribution in [-0.4, -0.2) is 70.2 Å². The first kappa shape index (κ1) is 21.3. The summed E-state index contributed by atoms with van der Waals surface area (Å²) in [6.45, 7) is 2.25. The van der Waals surface area contributed by atoms with Crippen molar-refractivity contribution in [3.8, 4) is 22.7 Å². The van der Waals surface area contributed by atoms with Crippen LogP contribution in [0, 0.1) is 0 Å². The molecular weight excluding hydrogens is 418 g/mol. The van der Waals surface area contributed by atoms with Gasteiger partial charge >= 0.3 is 0 Å². The van der Waals surface area contributed by atoms with Crippen molar-refractivity contribution >= 4 is 16.6 Å². The highest BCUT2D eigenvalue weighted by Crippen LogP contribution is 2.36. The topological polar surface area (TPSA) is 90.2 Å². The standard InChI is InChI=1S/C24H27N7O2/c1-30-13-5-6-17(15-30)27-24-20-8-4-3-7-19(20)23(28-29-24)21-10-9-18(31-25-11-12-26-31)14-22(21)33-16-32-2/h3-4,7-12,14,17H,5-6,13,15-16H2,1-2H3,(H,27,29)/t17-/m1/s1. The van der Waals surface area contributed by atoms with Crippen LogP contribution in [0.2, 0.25) is 0 Å². The molecule has 9 nitrogen and oxygen atoms in total. The molecule has 0 bridgehead atoms. The molecule has 0 saturated carbocycles. The van der Waals surface area contributed by atoms with Gasteiger partial charge in [-0.05, 0) is 38.6 Å². The summed E-state index contributed by atoms with van der Waals surface area (Å²) in [5.74, 6) is 1.44. The van der Waals surface area contributed by atoms with Crippen molar-refractivity contribution in [3.63, 3.8) is 0 Å². The minimum atomic E-state index is 0.114. The lowest BCUT2D eigenvalue weighted by Gasteiger charge is -2.30. The first-order chi connectivity index (χ1) is 16.2. The summed E-state index contributed by atoms with van der Waals surface area (Å²) in [6, 6.07) is 14.3. The van der Waals surface area contributed by atoms with E-state index in [1.54, 1.807) is 24.3 Å². The van der Waals surface area contributed by atoms with Gasteiger partial charge in [0.15, 0.2) is 12.6 Å². The molecule has 2 aromatic heterocycles. The van der Waals surface area contributed by atoms with E-state index in [1.165, 1.54) is 6.42 Å². The number of aromatic nitrogens is 5. The molecule has 1 aliphatic heterocycles. The molecule has 170 valence electrons. The van der Waals surface area contributed by atoms with Crippen LogP contribution in [-0.2, 0) is 4.74 Å². The van der Waals surface area contributed by atoms with E-state index in [2.05, 4.69) is 49.8 Å². The lowest BCUT2D eigenvalue weighted by Crippen LogP contribution is -2.40. The highest BCUT2D eigenvalue weighted by atomic mass is 16.7. The van der Waals surface area contributed by atoms with Crippen molar-refractivity contribution in [1.29, 1.82) is 0 Å². The van der Waals surface area contributed by atoms with E-state index in [4.69, 9.17) is 9.47 Å². The highest BCUT2D eigenvalue weighted by Gasteiger charge is 2.20. The Bertz CT molecular complexity index is 1230. The van der Waals surface area contributed by atoms with E-state index in [1.807, 2.05) is 30.3 Å². The predicted molar refractivity (Wildman–Crippen MR) is 127 cm³/mol. The van der Waals surface area contributed by atoms with Gasteiger partial charge in [-0.1, -0.05) is 24.3 Å². The zero-order chi connectivity index (χ0) is 22.6. The molecule has 0 spiro atoms. The molecule has 2 aromatic carbocycles. The maximum atomic E-state index is 5.91. The van der Waals surface area contributed by atoms with Crippen molar-refractivity contribution in [2.45, 2.75) is 18.9 Å². The zero-order valence-corrected chi connectivity index (χ0v) is 18.8. The number of anilines is 1.